The zero-order chi connectivity index (χ0) is 19.8. The van der Waals surface area contributed by atoms with Crippen molar-refractivity contribution < 1.29 is 30.9 Å². The SMILES string of the molecule is CCCN1C[C@H](NS(=O)(=O)c2cc(-c3cc(C(F)(F)F)on3)cs2)CC1=O. The molecule has 0 aromatic carbocycles. The predicted molar refractivity (Wildman–Crippen MR) is 90.4 cm³/mol. The zero-order valence-corrected chi connectivity index (χ0v) is 15.7. The molecule has 12 heteroatoms. The highest BCUT2D eigenvalue weighted by atomic mass is 32.2. The van der Waals surface area contributed by atoms with E-state index in [-0.39, 0.29) is 27.8 Å². The molecule has 1 saturated heterocycles. The lowest BCUT2D eigenvalue weighted by molar-refractivity contribution is -0.155. The first-order chi connectivity index (χ1) is 12.6. The highest BCUT2D eigenvalue weighted by molar-refractivity contribution is 7.91. The third-order valence-electron chi connectivity index (χ3n) is 3.96. The van der Waals surface area contributed by atoms with Gasteiger partial charge in [-0.1, -0.05) is 12.1 Å². The average Bonchev–Trinajstić information content (AvgIpc) is 3.26. The van der Waals surface area contributed by atoms with Gasteiger partial charge in [0.1, 0.15) is 9.90 Å². The lowest BCUT2D eigenvalue weighted by Crippen LogP contribution is -2.36. The fourth-order valence-corrected chi connectivity index (χ4v) is 5.17. The number of nitrogens with zero attached hydrogens (tertiary/aromatic N) is 2. The molecule has 1 N–H and O–H groups in total. The molecule has 0 unspecified atom stereocenters. The molecule has 7 nitrogen and oxygen atoms in total. The molecule has 3 heterocycles. The van der Waals surface area contributed by atoms with Crippen LogP contribution in [-0.4, -0.2) is 43.5 Å². The van der Waals surface area contributed by atoms with E-state index in [0.29, 0.717) is 19.2 Å². The number of halogens is 3. The molecule has 0 radical (unpaired) electrons. The van der Waals surface area contributed by atoms with E-state index in [1.165, 1.54) is 11.4 Å². The maximum absolute atomic E-state index is 12.6. The maximum Gasteiger partial charge on any atom is 0.452 e. The van der Waals surface area contributed by atoms with E-state index in [2.05, 4.69) is 14.4 Å². The van der Waals surface area contributed by atoms with Crippen LogP contribution in [0, 0.1) is 0 Å². The smallest absolute Gasteiger partial charge is 0.351 e. The quantitative estimate of drug-likeness (QED) is 0.771. The van der Waals surface area contributed by atoms with E-state index in [9.17, 15) is 26.4 Å². The molecule has 0 aliphatic carbocycles. The lowest BCUT2D eigenvalue weighted by Gasteiger charge is -2.15. The Balaban J connectivity index is 1.73. The molecule has 148 valence electrons. The predicted octanol–water partition coefficient (Wildman–Crippen LogP) is 2.71. The number of amides is 1. The van der Waals surface area contributed by atoms with Gasteiger partial charge in [-0.05, 0) is 12.5 Å². The van der Waals surface area contributed by atoms with Crippen molar-refractivity contribution in [1.82, 2.24) is 14.8 Å². The minimum atomic E-state index is -4.67. The summed E-state index contributed by atoms with van der Waals surface area (Å²) < 4.78 is 69.5. The molecule has 1 atom stereocenters. The van der Waals surface area contributed by atoms with Crippen molar-refractivity contribution in [3.8, 4) is 11.3 Å². The Hall–Kier alpha value is -1.92. The van der Waals surface area contributed by atoms with Crippen LogP contribution in [-0.2, 0) is 21.0 Å². The van der Waals surface area contributed by atoms with Crippen LogP contribution >= 0.6 is 11.3 Å². The highest BCUT2D eigenvalue weighted by Crippen LogP contribution is 2.34. The molecule has 2 aromatic rings. The van der Waals surface area contributed by atoms with Crippen LogP contribution < -0.4 is 4.72 Å². The number of aromatic nitrogens is 1. The number of hydrogen-bond donors (Lipinski definition) is 1. The van der Waals surface area contributed by atoms with Gasteiger partial charge in [-0.2, -0.15) is 13.2 Å². The Labute approximate surface area is 157 Å². The van der Waals surface area contributed by atoms with Gasteiger partial charge >= 0.3 is 6.18 Å². The van der Waals surface area contributed by atoms with Gasteiger partial charge in [-0.25, -0.2) is 13.1 Å². The molecule has 1 amide bonds. The molecular formula is C15H16F3N3O4S2. The van der Waals surface area contributed by atoms with E-state index in [1.54, 1.807) is 4.90 Å². The summed E-state index contributed by atoms with van der Waals surface area (Å²) in [7, 11) is -3.91. The Morgan fingerprint density at radius 2 is 2.15 bits per heavy atom. The third kappa shape index (κ3) is 4.33. The van der Waals surface area contributed by atoms with Gasteiger partial charge < -0.3 is 9.42 Å². The van der Waals surface area contributed by atoms with Crippen LogP contribution in [0.2, 0.25) is 0 Å². The summed E-state index contributed by atoms with van der Waals surface area (Å²) in [5, 5.41) is 4.72. The average molecular weight is 423 g/mol. The number of sulfonamides is 1. The van der Waals surface area contributed by atoms with Crippen LogP contribution in [0.15, 0.2) is 26.2 Å². The first kappa shape index (κ1) is 19.8. The first-order valence-corrected chi connectivity index (χ1v) is 10.4. The third-order valence-corrected chi connectivity index (χ3v) is 6.92. The van der Waals surface area contributed by atoms with Gasteiger partial charge in [0, 0.05) is 42.6 Å². The summed E-state index contributed by atoms with van der Waals surface area (Å²) in [5.41, 5.74) is 0.0972. The fraction of sp³-hybridized carbons (Fsp3) is 0.467. The molecule has 2 aromatic heterocycles. The summed E-state index contributed by atoms with van der Waals surface area (Å²) in [6.07, 6.45) is -3.82. The van der Waals surface area contributed by atoms with Crippen molar-refractivity contribution in [1.29, 1.82) is 0 Å². The van der Waals surface area contributed by atoms with E-state index in [1.807, 2.05) is 6.92 Å². The maximum atomic E-state index is 12.6. The Morgan fingerprint density at radius 3 is 2.78 bits per heavy atom. The largest absolute Gasteiger partial charge is 0.452 e. The normalized spacial score (nSPS) is 18.4. The van der Waals surface area contributed by atoms with Crippen molar-refractivity contribution in [2.75, 3.05) is 13.1 Å². The number of rotatable bonds is 6. The number of alkyl halides is 3. The van der Waals surface area contributed by atoms with E-state index < -0.39 is 28.0 Å². The molecule has 1 aliphatic rings. The van der Waals surface area contributed by atoms with Crippen LogP contribution in [0.1, 0.15) is 25.5 Å². The molecule has 3 rings (SSSR count). The number of carbonyl (C=O) groups is 1. The van der Waals surface area contributed by atoms with E-state index in [0.717, 1.165) is 17.8 Å². The summed E-state index contributed by atoms with van der Waals surface area (Å²) >= 11 is 0.851. The summed E-state index contributed by atoms with van der Waals surface area (Å²) in [4.78, 5) is 13.5. The standard InChI is InChI=1S/C15H16F3N3O4S2/c1-2-3-21-7-10(5-13(21)22)20-27(23,24)14-4-9(8-26-14)11-6-12(25-19-11)15(16,17)18/h4,6,8,10,20H,2-3,5,7H2,1H3/t10-/m1/s1. The van der Waals surface area contributed by atoms with Gasteiger partial charge in [0.2, 0.25) is 21.7 Å². The molecule has 0 bridgehead atoms. The fourth-order valence-electron chi connectivity index (χ4n) is 2.75. The Kier molecular flexibility index (Phi) is 5.32. The van der Waals surface area contributed by atoms with E-state index >= 15 is 0 Å². The van der Waals surface area contributed by atoms with Crippen molar-refractivity contribution in [3.05, 3.63) is 23.3 Å². The topological polar surface area (TPSA) is 92.5 Å². The van der Waals surface area contributed by atoms with Crippen LogP contribution in [0.25, 0.3) is 11.3 Å². The van der Waals surface area contributed by atoms with Crippen molar-refractivity contribution >= 4 is 27.3 Å². The van der Waals surface area contributed by atoms with Crippen LogP contribution in [0.3, 0.4) is 0 Å². The van der Waals surface area contributed by atoms with Gasteiger partial charge in [0.15, 0.2) is 0 Å². The second kappa shape index (κ2) is 7.24. The number of carbonyl (C=O) groups excluding carboxylic acids is 1. The van der Waals surface area contributed by atoms with Gasteiger partial charge in [-0.15, -0.1) is 11.3 Å². The number of hydrogen-bond acceptors (Lipinski definition) is 6. The number of likely N-dealkylation sites (tertiary alicyclic amines) is 1. The highest BCUT2D eigenvalue weighted by Gasteiger charge is 2.36. The number of thiophene rings is 1. The zero-order valence-electron chi connectivity index (χ0n) is 14.1. The van der Waals surface area contributed by atoms with Crippen molar-refractivity contribution in [2.24, 2.45) is 0 Å². The van der Waals surface area contributed by atoms with Gasteiger partial charge in [-0.3, -0.25) is 4.79 Å². The lowest BCUT2D eigenvalue weighted by atomic mass is 10.2. The van der Waals surface area contributed by atoms with Crippen molar-refractivity contribution in [3.63, 3.8) is 0 Å². The molecule has 0 spiro atoms. The van der Waals surface area contributed by atoms with Gasteiger partial charge in [0.25, 0.3) is 0 Å². The number of nitrogens with one attached hydrogen (secondary N) is 1. The Morgan fingerprint density at radius 1 is 1.41 bits per heavy atom. The van der Waals surface area contributed by atoms with Crippen molar-refractivity contribution in [2.45, 2.75) is 36.2 Å². The summed E-state index contributed by atoms with van der Waals surface area (Å²) in [6.45, 7) is 2.78. The Bertz CT molecular complexity index is 936. The second-order valence-corrected chi connectivity index (χ2v) is 8.94. The molecule has 0 saturated carbocycles. The summed E-state index contributed by atoms with van der Waals surface area (Å²) in [6, 6.07) is 1.40. The van der Waals surface area contributed by atoms with Gasteiger partial charge in [0.05, 0.1) is 0 Å². The first-order valence-electron chi connectivity index (χ1n) is 8.03. The van der Waals surface area contributed by atoms with Crippen LogP contribution in [0.5, 0.6) is 0 Å². The minimum Gasteiger partial charge on any atom is -0.351 e. The second-order valence-electron chi connectivity index (χ2n) is 6.09. The monoisotopic (exact) mass is 423 g/mol. The molecule has 1 aliphatic heterocycles. The molecule has 1 fully saturated rings. The molecule has 27 heavy (non-hydrogen) atoms. The van der Waals surface area contributed by atoms with E-state index in [4.69, 9.17) is 0 Å². The minimum absolute atomic E-state index is 0.0737. The van der Waals surface area contributed by atoms with Crippen LogP contribution in [0.4, 0.5) is 13.2 Å². The summed E-state index contributed by atoms with van der Waals surface area (Å²) in [5.74, 6) is -1.37. The molecular weight excluding hydrogens is 407 g/mol.